The normalized spacial score (nSPS) is 15.5. The Morgan fingerprint density at radius 1 is 1.17 bits per heavy atom. The monoisotopic (exact) mass is 310 g/mol. The second-order valence-electron chi connectivity index (χ2n) is 6.15. The van der Waals surface area contributed by atoms with Gasteiger partial charge in [-0.1, -0.05) is 12.8 Å². The van der Waals surface area contributed by atoms with Crippen molar-refractivity contribution in [2.24, 2.45) is 7.05 Å². The van der Waals surface area contributed by atoms with Crippen LogP contribution in [-0.2, 0) is 7.05 Å². The lowest BCUT2D eigenvalue weighted by atomic mass is 10.1. The molecule has 1 N–H and O–H groups in total. The Morgan fingerprint density at radius 3 is 2.74 bits per heavy atom. The Morgan fingerprint density at radius 2 is 1.96 bits per heavy atom. The van der Waals surface area contributed by atoms with Crippen molar-refractivity contribution >= 4 is 22.5 Å². The predicted molar refractivity (Wildman–Crippen MR) is 87.7 cm³/mol. The largest absolute Gasteiger partial charge is 0.349 e. The van der Waals surface area contributed by atoms with E-state index in [2.05, 4.69) is 10.4 Å². The molecule has 0 radical (unpaired) electrons. The van der Waals surface area contributed by atoms with Gasteiger partial charge >= 0.3 is 0 Å². The third-order valence-corrected chi connectivity index (χ3v) is 4.68. The minimum atomic E-state index is -0.122. The molecule has 1 saturated carbocycles. The van der Waals surface area contributed by atoms with E-state index < -0.39 is 0 Å². The number of aromatic nitrogens is 3. The average Bonchev–Trinajstić information content (AvgIpc) is 3.23. The lowest BCUT2D eigenvalue weighted by Crippen LogP contribution is -2.32. The zero-order chi connectivity index (χ0) is 16.0. The average molecular weight is 310 g/mol. The Labute approximate surface area is 132 Å². The molecule has 6 nitrogen and oxygen atoms in total. The number of hydrogen-bond acceptors (Lipinski definition) is 3. The molecule has 1 fully saturated rings. The van der Waals surface area contributed by atoms with Gasteiger partial charge in [0.05, 0.1) is 17.2 Å². The summed E-state index contributed by atoms with van der Waals surface area (Å²) >= 11 is 0. The Kier molecular flexibility index (Phi) is 3.18. The van der Waals surface area contributed by atoms with Gasteiger partial charge in [-0.05, 0) is 37.1 Å². The van der Waals surface area contributed by atoms with Crippen LogP contribution in [0, 0.1) is 0 Å². The number of nitrogens with one attached hydrogen (secondary N) is 1. The number of aryl methyl sites for hydroxylation is 1. The summed E-state index contributed by atoms with van der Waals surface area (Å²) < 4.78 is 3.19. The predicted octanol–water partition coefficient (Wildman–Crippen LogP) is 1.86. The maximum absolute atomic E-state index is 12.4. The zero-order valence-corrected chi connectivity index (χ0v) is 13.0. The Balaban J connectivity index is 1.81. The number of carbonyl (C=O) groups is 1. The van der Waals surface area contributed by atoms with Gasteiger partial charge in [0.1, 0.15) is 5.52 Å². The van der Waals surface area contributed by atoms with E-state index in [4.69, 9.17) is 0 Å². The van der Waals surface area contributed by atoms with Crippen molar-refractivity contribution in [2.75, 3.05) is 0 Å². The molecular weight excluding hydrogens is 292 g/mol. The van der Waals surface area contributed by atoms with Gasteiger partial charge in [-0.2, -0.15) is 5.10 Å². The molecule has 3 aromatic rings. The Bertz CT molecular complexity index is 964. The molecule has 6 heteroatoms. The zero-order valence-electron chi connectivity index (χ0n) is 13.0. The molecule has 0 unspecified atom stereocenters. The summed E-state index contributed by atoms with van der Waals surface area (Å²) in [5.41, 5.74) is 2.49. The van der Waals surface area contributed by atoms with Crippen molar-refractivity contribution in [1.82, 2.24) is 19.5 Å². The molecule has 0 aliphatic heterocycles. The van der Waals surface area contributed by atoms with E-state index in [1.54, 1.807) is 40.5 Å². The highest BCUT2D eigenvalue weighted by Crippen LogP contribution is 2.19. The Hall–Kier alpha value is -2.63. The first-order valence-corrected chi connectivity index (χ1v) is 7.92. The highest BCUT2D eigenvalue weighted by molar-refractivity contribution is 5.97. The first-order valence-electron chi connectivity index (χ1n) is 7.92. The molecule has 0 bridgehead atoms. The molecule has 1 aliphatic carbocycles. The molecule has 0 spiro atoms. The van der Waals surface area contributed by atoms with Crippen LogP contribution in [0.25, 0.3) is 16.6 Å². The van der Waals surface area contributed by atoms with Gasteiger partial charge < -0.3 is 9.88 Å². The minimum Gasteiger partial charge on any atom is -0.349 e. The number of rotatable bonds is 2. The minimum absolute atomic E-state index is 0.0770. The summed E-state index contributed by atoms with van der Waals surface area (Å²) in [6.07, 6.45) is 6.05. The number of fused-ring (bicyclic) bond motifs is 3. The third-order valence-electron chi connectivity index (χ3n) is 4.68. The molecule has 2 heterocycles. The second kappa shape index (κ2) is 5.22. The van der Waals surface area contributed by atoms with E-state index in [1.165, 1.54) is 12.8 Å². The maximum Gasteiger partial charge on any atom is 0.276 e. The molecule has 23 heavy (non-hydrogen) atoms. The number of nitrogens with zero attached hydrogens (tertiary/aromatic N) is 3. The summed E-state index contributed by atoms with van der Waals surface area (Å²) in [6, 6.07) is 7.37. The highest BCUT2D eigenvalue weighted by atomic mass is 16.1. The van der Waals surface area contributed by atoms with Gasteiger partial charge in [0.15, 0.2) is 0 Å². The fraction of sp³-hybridized carbons (Fsp3) is 0.353. The number of amides is 1. The molecule has 0 atom stereocenters. The van der Waals surface area contributed by atoms with Crippen LogP contribution in [0.4, 0.5) is 0 Å². The SMILES string of the molecule is Cn1c(=O)c2ccnn2c2ccc(C(=O)NC3CCCC3)cc21. The van der Waals surface area contributed by atoms with Crippen molar-refractivity contribution < 1.29 is 4.79 Å². The second-order valence-corrected chi connectivity index (χ2v) is 6.15. The summed E-state index contributed by atoms with van der Waals surface area (Å²) in [7, 11) is 1.72. The number of carbonyl (C=O) groups excluding carboxylic acids is 1. The maximum atomic E-state index is 12.4. The molecule has 4 rings (SSSR count). The lowest BCUT2D eigenvalue weighted by Gasteiger charge is -2.13. The van der Waals surface area contributed by atoms with Crippen LogP contribution in [0.1, 0.15) is 36.0 Å². The van der Waals surface area contributed by atoms with Crippen LogP contribution in [0.5, 0.6) is 0 Å². The van der Waals surface area contributed by atoms with Crippen molar-refractivity contribution in [3.05, 3.63) is 46.4 Å². The van der Waals surface area contributed by atoms with Gasteiger partial charge in [0.2, 0.25) is 0 Å². The highest BCUT2D eigenvalue weighted by Gasteiger charge is 2.19. The van der Waals surface area contributed by atoms with Crippen molar-refractivity contribution in [3.63, 3.8) is 0 Å². The molecule has 118 valence electrons. The topological polar surface area (TPSA) is 68.4 Å². The van der Waals surface area contributed by atoms with Crippen LogP contribution in [0.3, 0.4) is 0 Å². The van der Waals surface area contributed by atoms with Gasteiger partial charge in [-0.3, -0.25) is 9.59 Å². The van der Waals surface area contributed by atoms with Crippen LogP contribution in [0.2, 0.25) is 0 Å². The van der Waals surface area contributed by atoms with E-state index in [1.807, 2.05) is 6.07 Å². The number of benzene rings is 1. The van der Waals surface area contributed by atoms with Crippen LogP contribution >= 0.6 is 0 Å². The molecule has 1 amide bonds. The molecule has 1 aliphatic rings. The van der Waals surface area contributed by atoms with Crippen molar-refractivity contribution in [1.29, 1.82) is 0 Å². The van der Waals surface area contributed by atoms with Gasteiger partial charge in [0, 0.05) is 18.7 Å². The fourth-order valence-corrected chi connectivity index (χ4v) is 3.39. The van der Waals surface area contributed by atoms with Gasteiger partial charge in [-0.25, -0.2) is 4.52 Å². The first kappa shape index (κ1) is 14.0. The van der Waals surface area contributed by atoms with E-state index >= 15 is 0 Å². The quantitative estimate of drug-likeness (QED) is 0.785. The summed E-state index contributed by atoms with van der Waals surface area (Å²) in [6.45, 7) is 0. The van der Waals surface area contributed by atoms with Crippen LogP contribution < -0.4 is 10.9 Å². The summed E-state index contributed by atoms with van der Waals surface area (Å²) in [4.78, 5) is 24.8. The molecule has 2 aromatic heterocycles. The van der Waals surface area contributed by atoms with Gasteiger partial charge in [-0.15, -0.1) is 0 Å². The smallest absolute Gasteiger partial charge is 0.276 e. The molecule has 0 saturated heterocycles. The van der Waals surface area contributed by atoms with E-state index in [0.29, 0.717) is 16.6 Å². The van der Waals surface area contributed by atoms with Crippen molar-refractivity contribution in [2.45, 2.75) is 31.7 Å². The van der Waals surface area contributed by atoms with Gasteiger partial charge in [0.25, 0.3) is 11.5 Å². The van der Waals surface area contributed by atoms with Crippen LogP contribution in [0.15, 0.2) is 35.3 Å². The van der Waals surface area contributed by atoms with Crippen LogP contribution in [-0.4, -0.2) is 26.1 Å². The number of hydrogen-bond donors (Lipinski definition) is 1. The van der Waals surface area contributed by atoms with Crippen molar-refractivity contribution in [3.8, 4) is 0 Å². The van der Waals surface area contributed by atoms with E-state index in [0.717, 1.165) is 18.4 Å². The first-order chi connectivity index (χ1) is 11.1. The fourth-order valence-electron chi connectivity index (χ4n) is 3.39. The lowest BCUT2D eigenvalue weighted by molar-refractivity contribution is 0.0938. The van der Waals surface area contributed by atoms with E-state index in [-0.39, 0.29) is 17.5 Å². The standard InChI is InChI=1S/C17H18N4O2/c1-20-15-10-11(16(22)19-12-4-2-3-5-12)6-7-13(15)21-14(17(20)23)8-9-18-21/h6-10,12H,2-5H2,1H3,(H,19,22). The molecule has 1 aromatic carbocycles. The third kappa shape index (κ3) is 2.21. The summed E-state index contributed by atoms with van der Waals surface area (Å²) in [5, 5.41) is 7.29. The van der Waals surface area contributed by atoms with E-state index in [9.17, 15) is 9.59 Å². The summed E-state index contributed by atoms with van der Waals surface area (Å²) in [5.74, 6) is -0.0770. The molecular formula is C17H18N4O2.